The third-order valence-electron chi connectivity index (χ3n) is 4.58. The third kappa shape index (κ3) is 4.75. The third-order valence-corrected chi connectivity index (χ3v) is 4.58. The quantitative estimate of drug-likeness (QED) is 0.829. The summed E-state index contributed by atoms with van der Waals surface area (Å²) in [7, 11) is 0. The average Bonchev–Trinajstić information content (AvgIpc) is 2.63. The number of carbonyl (C=O) groups is 1. The summed E-state index contributed by atoms with van der Waals surface area (Å²) in [5.41, 5.74) is 4.94. The maximum absolute atomic E-state index is 11.9. The predicted octanol–water partition coefficient (Wildman–Crippen LogP) is 4.21. The van der Waals surface area contributed by atoms with Crippen LogP contribution in [0.1, 0.15) is 30.9 Å². The molecule has 0 fully saturated rings. The highest BCUT2D eigenvalue weighted by molar-refractivity contribution is 5.89. The Balaban J connectivity index is 1.51. The highest BCUT2D eigenvalue weighted by Crippen LogP contribution is 2.28. The molecule has 3 rings (SSSR count). The van der Waals surface area contributed by atoms with Crippen LogP contribution in [0.25, 0.3) is 0 Å². The molecule has 0 radical (unpaired) electrons. The molecule has 2 aromatic carbocycles. The number of rotatable bonds is 6. The molecule has 0 aromatic heterocycles. The van der Waals surface area contributed by atoms with Gasteiger partial charge in [-0.3, -0.25) is 0 Å². The molecule has 0 spiro atoms. The van der Waals surface area contributed by atoms with Crippen LogP contribution < -0.4 is 15.5 Å². The van der Waals surface area contributed by atoms with Crippen molar-refractivity contribution in [2.45, 2.75) is 32.6 Å². The van der Waals surface area contributed by atoms with Gasteiger partial charge in [0.1, 0.15) is 0 Å². The van der Waals surface area contributed by atoms with Gasteiger partial charge in [0, 0.05) is 31.0 Å². The number of carbonyl (C=O) groups excluding carboxylic acids is 1. The molecule has 132 valence electrons. The van der Waals surface area contributed by atoms with Crippen molar-refractivity contribution in [1.29, 1.82) is 0 Å². The Morgan fingerprint density at radius 3 is 2.80 bits per heavy atom. The largest absolute Gasteiger partial charge is 0.371 e. The van der Waals surface area contributed by atoms with Gasteiger partial charge >= 0.3 is 6.03 Å². The van der Waals surface area contributed by atoms with Crippen molar-refractivity contribution < 1.29 is 4.79 Å². The molecule has 1 aliphatic heterocycles. The zero-order valence-corrected chi connectivity index (χ0v) is 14.9. The summed E-state index contributed by atoms with van der Waals surface area (Å²) < 4.78 is 0. The lowest BCUT2D eigenvalue weighted by Crippen LogP contribution is -2.31. The molecule has 25 heavy (non-hydrogen) atoms. The Bertz CT molecular complexity index is 700. The lowest BCUT2D eigenvalue weighted by Gasteiger charge is -2.31. The van der Waals surface area contributed by atoms with Gasteiger partial charge in [-0.1, -0.05) is 37.3 Å². The molecule has 1 aliphatic rings. The first-order valence-electron chi connectivity index (χ1n) is 9.23. The van der Waals surface area contributed by atoms with E-state index in [1.54, 1.807) is 0 Å². The Morgan fingerprint density at radius 2 is 2.00 bits per heavy atom. The van der Waals surface area contributed by atoms with E-state index in [0.29, 0.717) is 6.54 Å². The first kappa shape index (κ1) is 17.3. The fourth-order valence-electron chi connectivity index (χ4n) is 3.40. The summed E-state index contributed by atoms with van der Waals surface area (Å²) in [5, 5.41) is 5.77. The van der Waals surface area contributed by atoms with E-state index in [4.69, 9.17) is 0 Å². The lowest BCUT2D eigenvalue weighted by molar-refractivity contribution is 0.252. The molecule has 2 aromatic rings. The Morgan fingerprint density at radius 1 is 1.16 bits per heavy atom. The van der Waals surface area contributed by atoms with Gasteiger partial charge in [-0.15, -0.1) is 0 Å². The van der Waals surface area contributed by atoms with Gasteiger partial charge in [0.2, 0.25) is 0 Å². The number of hydrogen-bond acceptors (Lipinski definition) is 2. The van der Waals surface area contributed by atoms with Crippen LogP contribution in [0.2, 0.25) is 0 Å². The number of benzene rings is 2. The van der Waals surface area contributed by atoms with E-state index >= 15 is 0 Å². The smallest absolute Gasteiger partial charge is 0.319 e. The molecule has 0 saturated carbocycles. The van der Waals surface area contributed by atoms with Crippen LogP contribution >= 0.6 is 0 Å². The van der Waals surface area contributed by atoms with Gasteiger partial charge in [0.05, 0.1) is 0 Å². The highest BCUT2D eigenvalue weighted by Gasteiger charge is 2.16. The van der Waals surface area contributed by atoms with Crippen molar-refractivity contribution in [3.63, 3.8) is 0 Å². The molecule has 0 bridgehead atoms. The Hall–Kier alpha value is -2.49. The lowest BCUT2D eigenvalue weighted by atomic mass is 9.98. The van der Waals surface area contributed by atoms with Gasteiger partial charge in [-0.25, -0.2) is 4.79 Å². The number of aryl methyl sites for hydroxylation is 1. The van der Waals surface area contributed by atoms with Gasteiger partial charge in [0.15, 0.2) is 0 Å². The normalized spacial score (nSPS) is 13.2. The molecule has 2 N–H and O–H groups in total. The van der Waals surface area contributed by atoms with E-state index in [1.165, 1.54) is 36.2 Å². The SMILES string of the molecule is CCCN1CCCc2cc(CCNC(=O)Nc3ccccc3)ccc21. The highest BCUT2D eigenvalue weighted by atomic mass is 16.2. The van der Waals surface area contributed by atoms with Crippen molar-refractivity contribution in [3.05, 3.63) is 59.7 Å². The van der Waals surface area contributed by atoms with Crippen LogP contribution in [0, 0.1) is 0 Å². The molecule has 1 heterocycles. The number of nitrogens with zero attached hydrogens (tertiary/aromatic N) is 1. The summed E-state index contributed by atoms with van der Waals surface area (Å²) in [6.45, 7) is 5.17. The fourth-order valence-corrected chi connectivity index (χ4v) is 3.40. The second-order valence-corrected chi connectivity index (χ2v) is 6.55. The van der Waals surface area contributed by atoms with Crippen LogP contribution in [-0.2, 0) is 12.8 Å². The number of nitrogens with one attached hydrogen (secondary N) is 2. The van der Waals surface area contributed by atoms with E-state index in [-0.39, 0.29) is 6.03 Å². The fraction of sp³-hybridized carbons (Fsp3) is 0.381. The number of hydrogen-bond donors (Lipinski definition) is 2. The van der Waals surface area contributed by atoms with Crippen LogP contribution in [0.3, 0.4) is 0 Å². The molecule has 0 atom stereocenters. The Kier molecular flexibility index (Phi) is 5.94. The second-order valence-electron chi connectivity index (χ2n) is 6.55. The van der Waals surface area contributed by atoms with Crippen molar-refractivity contribution in [3.8, 4) is 0 Å². The van der Waals surface area contributed by atoms with Gasteiger partial charge in [-0.2, -0.15) is 0 Å². The molecule has 4 heteroatoms. The number of para-hydroxylation sites is 1. The Labute approximate surface area is 150 Å². The molecule has 4 nitrogen and oxygen atoms in total. The van der Waals surface area contributed by atoms with E-state index in [9.17, 15) is 4.79 Å². The minimum atomic E-state index is -0.154. The monoisotopic (exact) mass is 337 g/mol. The van der Waals surface area contributed by atoms with Crippen molar-refractivity contribution in [1.82, 2.24) is 5.32 Å². The molecular formula is C21H27N3O. The first-order chi connectivity index (χ1) is 12.3. The molecular weight excluding hydrogens is 310 g/mol. The predicted molar refractivity (Wildman–Crippen MR) is 104 cm³/mol. The summed E-state index contributed by atoms with van der Waals surface area (Å²) >= 11 is 0. The summed E-state index contributed by atoms with van der Waals surface area (Å²) in [6.07, 6.45) is 4.42. The summed E-state index contributed by atoms with van der Waals surface area (Å²) in [5.74, 6) is 0. The van der Waals surface area contributed by atoms with Crippen LogP contribution in [0.4, 0.5) is 16.2 Å². The molecule has 0 saturated heterocycles. The number of anilines is 2. The summed E-state index contributed by atoms with van der Waals surface area (Å²) in [4.78, 5) is 14.4. The van der Waals surface area contributed by atoms with Crippen molar-refractivity contribution in [2.75, 3.05) is 29.9 Å². The average molecular weight is 337 g/mol. The summed E-state index contributed by atoms with van der Waals surface area (Å²) in [6, 6.07) is 16.1. The molecule has 2 amide bonds. The van der Waals surface area contributed by atoms with E-state index in [0.717, 1.165) is 25.1 Å². The number of amides is 2. The first-order valence-corrected chi connectivity index (χ1v) is 9.23. The zero-order valence-electron chi connectivity index (χ0n) is 14.9. The van der Waals surface area contributed by atoms with Crippen LogP contribution in [0.5, 0.6) is 0 Å². The van der Waals surface area contributed by atoms with E-state index in [1.807, 2.05) is 30.3 Å². The topological polar surface area (TPSA) is 44.4 Å². The van der Waals surface area contributed by atoms with Gasteiger partial charge in [-0.05, 0) is 55.0 Å². The van der Waals surface area contributed by atoms with E-state index < -0.39 is 0 Å². The molecule has 0 unspecified atom stereocenters. The maximum Gasteiger partial charge on any atom is 0.319 e. The van der Waals surface area contributed by atoms with Crippen LogP contribution in [0.15, 0.2) is 48.5 Å². The number of urea groups is 1. The zero-order chi connectivity index (χ0) is 17.5. The van der Waals surface area contributed by atoms with Gasteiger partial charge < -0.3 is 15.5 Å². The van der Waals surface area contributed by atoms with Gasteiger partial charge in [0.25, 0.3) is 0 Å². The maximum atomic E-state index is 11.9. The van der Waals surface area contributed by atoms with Crippen molar-refractivity contribution >= 4 is 17.4 Å². The number of fused-ring (bicyclic) bond motifs is 1. The standard InChI is InChI=1S/C21H27N3O/c1-2-14-24-15-6-7-18-16-17(10-11-20(18)24)12-13-22-21(25)23-19-8-4-3-5-9-19/h3-5,8-11,16H,2,6-7,12-15H2,1H3,(H2,22,23,25). The minimum absolute atomic E-state index is 0.154. The van der Waals surface area contributed by atoms with E-state index in [2.05, 4.69) is 40.7 Å². The minimum Gasteiger partial charge on any atom is -0.371 e. The van der Waals surface area contributed by atoms with Crippen LogP contribution in [-0.4, -0.2) is 25.7 Å². The second kappa shape index (κ2) is 8.56. The van der Waals surface area contributed by atoms with Crippen molar-refractivity contribution in [2.24, 2.45) is 0 Å². The molecule has 0 aliphatic carbocycles.